The molecule has 0 radical (unpaired) electrons. The molecule has 214 valence electrons. The molecule has 43 heavy (non-hydrogen) atoms. The maximum atomic E-state index is 13.2. The minimum atomic E-state index is -3.39. The summed E-state index contributed by atoms with van der Waals surface area (Å²) in [6.07, 6.45) is 4.62. The van der Waals surface area contributed by atoms with Crippen LogP contribution in [-0.4, -0.2) is 34.9 Å². The zero-order valence-corrected chi connectivity index (χ0v) is 24.9. The Hall–Kier alpha value is -4.86. The van der Waals surface area contributed by atoms with Gasteiger partial charge in [0.2, 0.25) is 0 Å². The highest BCUT2D eigenvalue weighted by Gasteiger charge is 2.17. The Morgan fingerprint density at radius 3 is 2.35 bits per heavy atom. The minimum Gasteiger partial charge on any atom is -0.618 e. The Morgan fingerprint density at radius 2 is 1.63 bits per heavy atom. The molecule has 0 aliphatic rings. The standard InChI is InChI=1S/C33H26ClN5O3S/c1-22-5-3-7-24(15-22)31-19-29(43(2,41)42)12-13-30(31)25-8-4-6-23(16-25)17-28-11-9-26(20-39(28)40)32-18-27(34)10-14-33(32)38-21-35-36-37-38/h3-16,18-21H,17H2,1-2H3. The summed E-state index contributed by atoms with van der Waals surface area (Å²) in [4.78, 5) is 0.263. The summed E-state index contributed by atoms with van der Waals surface area (Å²) in [5, 5.41) is 25.2. The quantitative estimate of drug-likeness (QED) is 0.157. The lowest BCUT2D eigenvalue weighted by molar-refractivity contribution is -0.612. The lowest BCUT2D eigenvalue weighted by Crippen LogP contribution is -2.31. The number of halogens is 1. The van der Waals surface area contributed by atoms with Crippen LogP contribution in [0, 0.1) is 12.1 Å². The number of tetrazole rings is 1. The largest absolute Gasteiger partial charge is 0.618 e. The van der Waals surface area contributed by atoms with E-state index in [2.05, 4.69) is 15.5 Å². The second-order valence-corrected chi connectivity index (χ2v) is 12.8. The summed E-state index contributed by atoms with van der Waals surface area (Å²) in [7, 11) is -3.39. The van der Waals surface area contributed by atoms with E-state index in [4.69, 9.17) is 11.6 Å². The summed E-state index contributed by atoms with van der Waals surface area (Å²) in [6.45, 7) is 2.01. The molecule has 0 saturated carbocycles. The van der Waals surface area contributed by atoms with Gasteiger partial charge >= 0.3 is 0 Å². The first-order valence-corrected chi connectivity index (χ1v) is 15.7. The number of rotatable bonds is 7. The number of aromatic nitrogens is 5. The number of pyridine rings is 1. The Balaban J connectivity index is 1.35. The van der Waals surface area contributed by atoms with E-state index in [1.807, 2.05) is 67.6 Å². The van der Waals surface area contributed by atoms with E-state index < -0.39 is 9.84 Å². The first kappa shape index (κ1) is 28.3. The first-order valence-electron chi connectivity index (χ1n) is 13.4. The molecule has 0 saturated heterocycles. The predicted octanol–water partition coefficient (Wildman–Crippen LogP) is 6.25. The van der Waals surface area contributed by atoms with Crippen LogP contribution in [0.3, 0.4) is 0 Å². The number of aryl methyl sites for hydroxylation is 1. The van der Waals surface area contributed by atoms with Crippen molar-refractivity contribution in [3.63, 3.8) is 0 Å². The number of nitrogens with zero attached hydrogens (tertiary/aromatic N) is 5. The number of hydrogen-bond donors (Lipinski definition) is 0. The molecule has 0 fully saturated rings. The van der Waals surface area contributed by atoms with Gasteiger partial charge in [-0.25, -0.2) is 8.42 Å². The van der Waals surface area contributed by atoms with Gasteiger partial charge in [-0.1, -0.05) is 71.8 Å². The first-order chi connectivity index (χ1) is 20.7. The van der Waals surface area contributed by atoms with Crippen LogP contribution in [0.25, 0.3) is 39.1 Å². The van der Waals surface area contributed by atoms with Gasteiger partial charge in [-0.05, 0) is 81.6 Å². The Kier molecular flexibility index (Phi) is 7.52. The van der Waals surface area contributed by atoms with E-state index in [1.54, 1.807) is 36.4 Å². The third-order valence-electron chi connectivity index (χ3n) is 7.23. The molecular weight excluding hydrogens is 582 g/mol. The number of sulfone groups is 1. The Labute approximate surface area is 254 Å². The molecule has 0 atom stereocenters. The maximum absolute atomic E-state index is 13.2. The van der Waals surface area contributed by atoms with E-state index >= 15 is 0 Å². The van der Waals surface area contributed by atoms with Crippen LogP contribution in [0.4, 0.5) is 0 Å². The SMILES string of the molecule is Cc1cccc(-c2cc(S(C)(=O)=O)ccc2-c2cccc(Cc3ccc(-c4cc(Cl)ccc4-n4cnnn4)c[n+]3[O-])c2)c1. The van der Waals surface area contributed by atoms with Crippen molar-refractivity contribution in [3.8, 4) is 39.1 Å². The van der Waals surface area contributed by atoms with Gasteiger partial charge in [0.1, 0.15) is 6.33 Å². The topological polar surface area (TPSA) is 105 Å². The molecule has 6 aromatic rings. The Bertz CT molecular complexity index is 2080. The van der Waals surface area contributed by atoms with Gasteiger partial charge in [0.25, 0.3) is 0 Å². The molecular formula is C33H26ClN5O3S. The molecule has 0 aliphatic heterocycles. The molecule has 0 amide bonds. The van der Waals surface area contributed by atoms with E-state index in [-0.39, 0.29) is 4.90 Å². The summed E-state index contributed by atoms with van der Waals surface area (Å²) < 4.78 is 27.2. The molecule has 0 bridgehead atoms. The van der Waals surface area contributed by atoms with Crippen molar-refractivity contribution in [3.05, 3.63) is 137 Å². The van der Waals surface area contributed by atoms with Gasteiger partial charge in [0.05, 0.1) is 17.0 Å². The highest BCUT2D eigenvalue weighted by atomic mass is 35.5. The van der Waals surface area contributed by atoms with Crippen molar-refractivity contribution >= 4 is 21.4 Å². The van der Waals surface area contributed by atoms with Crippen LogP contribution in [0.1, 0.15) is 16.8 Å². The molecule has 2 aromatic heterocycles. The molecule has 8 nitrogen and oxygen atoms in total. The van der Waals surface area contributed by atoms with E-state index in [0.29, 0.717) is 28.4 Å². The van der Waals surface area contributed by atoms with Crippen LogP contribution in [0.2, 0.25) is 5.02 Å². The third-order valence-corrected chi connectivity index (χ3v) is 8.58. The van der Waals surface area contributed by atoms with Gasteiger partial charge in [-0.3, -0.25) is 0 Å². The van der Waals surface area contributed by atoms with Gasteiger partial charge in [0.15, 0.2) is 21.7 Å². The monoisotopic (exact) mass is 607 g/mol. The van der Waals surface area contributed by atoms with Crippen LogP contribution >= 0.6 is 11.6 Å². The fourth-order valence-corrected chi connectivity index (χ4v) is 5.95. The number of benzene rings is 4. The number of hydrogen-bond acceptors (Lipinski definition) is 6. The maximum Gasteiger partial charge on any atom is 0.197 e. The normalized spacial score (nSPS) is 11.5. The fourth-order valence-electron chi connectivity index (χ4n) is 5.13. The van der Waals surface area contributed by atoms with Crippen LogP contribution < -0.4 is 4.73 Å². The molecule has 2 heterocycles. The highest BCUT2D eigenvalue weighted by molar-refractivity contribution is 7.90. The van der Waals surface area contributed by atoms with Crippen LogP contribution in [-0.2, 0) is 16.3 Å². The van der Waals surface area contributed by atoms with Crippen molar-refractivity contribution in [2.24, 2.45) is 0 Å². The second kappa shape index (κ2) is 11.4. The molecule has 10 heteroatoms. The third kappa shape index (κ3) is 6.04. The second-order valence-electron chi connectivity index (χ2n) is 10.4. The van der Waals surface area contributed by atoms with Crippen molar-refractivity contribution in [1.29, 1.82) is 0 Å². The summed E-state index contributed by atoms with van der Waals surface area (Å²) in [5.74, 6) is 0. The summed E-state index contributed by atoms with van der Waals surface area (Å²) >= 11 is 6.28. The zero-order chi connectivity index (χ0) is 30.1. The van der Waals surface area contributed by atoms with E-state index in [1.165, 1.54) is 23.5 Å². The summed E-state index contributed by atoms with van der Waals surface area (Å²) in [5.41, 5.74) is 8.26. The average molecular weight is 608 g/mol. The van der Waals surface area contributed by atoms with E-state index in [0.717, 1.165) is 43.7 Å². The lowest BCUT2D eigenvalue weighted by Gasteiger charge is -2.14. The molecule has 0 spiro atoms. The average Bonchev–Trinajstić information content (AvgIpc) is 3.52. The Morgan fingerprint density at radius 1 is 0.837 bits per heavy atom. The molecule has 0 unspecified atom stereocenters. The highest BCUT2D eigenvalue weighted by Crippen LogP contribution is 2.35. The molecule has 0 aliphatic carbocycles. The van der Waals surface area contributed by atoms with Gasteiger partial charge in [0, 0.05) is 28.5 Å². The molecule has 6 rings (SSSR count). The summed E-state index contributed by atoms with van der Waals surface area (Å²) in [6, 6.07) is 30.2. The molecule has 4 aromatic carbocycles. The van der Waals surface area contributed by atoms with Gasteiger partial charge in [-0.2, -0.15) is 9.41 Å². The van der Waals surface area contributed by atoms with Crippen molar-refractivity contribution in [2.45, 2.75) is 18.2 Å². The van der Waals surface area contributed by atoms with Gasteiger partial charge in [-0.15, -0.1) is 5.10 Å². The zero-order valence-electron chi connectivity index (χ0n) is 23.3. The van der Waals surface area contributed by atoms with Crippen molar-refractivity contribution < 1.29 is 13.1 Å². The molecule has 0 N–H and O–H groups in total. The smallest absolute Gasteiger partial charge is 0.197 e. The lowest BCUT2D eigenvalue weighted by atomic mass is 9.92. The minimum absolute atomic E-state index is 0.263. The predicted molar refractivity (Wildman–Crippen MR) is 167 cm³/mol. The van der Waals surface area contributed by atoms with Gasteiger partial charge < -0.3 is 5.21 Å². The van der Waals surface area contributed by atoms with Crippen LogP contribution in [0.15, 0.2) is 114 Å². The van der Waals surface area contributed by atoms with E-state index in [9.17, 15) is 13.6 Å². The van der Waals surface area contributed by atoms with Crippen LogP contribution in [0.5, 0.6) is 0 Å². The van der Waals surface area contributed by atoms with Crippen molar-refractivity contribution in [2.75, 3.05) is 6.26 Å². The fraction of sp³-hybridized carbons (Fsp3) is 0.0909. The van der Waals surface area contributed by atoms with Crippen molar-refractivity contribution in [1.82, 2.24) is 20.2 Å².